The highest BCUT2D eigenvalue weighted by molar-refractivity contribution is 6.30. The topological polar surface area (TPSA) is 69.7 Å². The molecular weight excluding hydrogens is 368 g/mol. The van der Waals surface area contributed by atoms with Gasteiger partial charge in [0.2, 0.25) is 5.88 Å². The van der Waals surface area contributed by atoms with E-state index in [1.807, 2.05) is 0 Å². The summed E-state index contributed by atoms with van der Waals surface area (Å²) in [7, 11) is 3.00. The van der Waals surface area contributed by atoms with Crippen molar-refractivity contribution in [2.75, 3.05) is 19.5 Å². The highest BCUT2D eigenvalue weighted by atomic mass is 35.5. The number of para-hydroxylation sites is 1. The van der Waals surface area contributed by atoms with Crippen LogP contribution in [0.2, 0.25) is 5.02 Å². The third-order valence-corrected chi connectivity index (χ3v) is 3.93. The molecule has 0 fully saturated rings. The maximum atomic E-state index is 12.6. The third-order valence-electron chi connectivity index (χ3n) is 3.68. The molecule has 0 saturated carbocycles. The predicted octanol–water partition coefficient (Wildman–Crippen LogP) is 4.80. The SMILES string of the molecule is COc1cccc(C(=O)Nc2ccc(Oc3ccc(Cl)cc3)nc2)c1OC. The monoisotopic (exact) mass is 384 g/mol. The summed E-state index contributed by atoms with van der Waals surface area (Å²) in [5.41, 5.74) is 0.881. The van der Waals surface area contributed by atoms with E-state index >= 15 is 0 Å². The van der Waals surface area contributed by atoms with Gasteiger partial charge in [0.1, 0.15) is 5.75 Å². The van der Waals surface area contributed by atoms with Crippen LogP contribution in [0.5, 0.6) is 23.1 Å². The first-order valence-electron chi connectivity index (χ1n) is 8.02. The fraction of sp³-hybridized carbons (Fsp3) is 0.100. The number of rotatable bonds is 6. The molecule has 0 bridgehead atoms. The van der Waals surface area contributed by atoms with Crippen molar-refractivity contribution in [1.82, 2.24) is 4.98 Å². The van der Waals surface area contributed by atoms with E-state index in [1.165, 1.54) is 20.4 Å². The number of nitrogens with one attached hydrogen (secondary N) is 1. The summed E-state index contributed by atoms with van der Waals surface area (Å²) >= 11 is 5.85. The smallest absolute Gasteiger partial charge is 0.259 e. The average molecular weight is 385 g/mol. The van der Waals surface area contributed by atoms with Crippen molar-refractivity contribution in [2.45, 2.75) is 0 Å². The lowest BCUT2D eigenvalue weighted by atomic mass is 10.1. The molecule has 0 saturated heterocycles. The standard InChI is InChI=1S/C20H17ClN2O4/c1-25-17-5-3-4-16(19(17)26-2)20(24)23-14-8-11-18(22-12-14)27-15-9-6-13(21)7-10-15/h3-12H,1-2H3,(H,23,24). The van der Waals surface area contributed by atoms with Crippen LogP contribution in [0, 0.1) is 0 Å². The molecular formula is C20H17ClN2O4. The number of carbonyl (C=O) groups excluding carboxylic acids is 1. The predicted molar refractivity (Wildman–Crippen MR) is 103 cm³/mol. The first-order chi connectivity index (χ1) is 13.1. The molecule has 0 aliphatic carbocycles. The van der Waals surface area contributed by atoms with Crippen molar-refractivity contribution in [1.29, 1.82) is 0 Å². The molecule has 1 N–H and O–H groups in total. The second-order valence-corrected chi connectivity index (χ2v) is 5.87. The fourth-order valence-corrected chi connectivity index (χ4v) is 2.53. The number of amides is 1. The van der Waals surface area contributed by atoms with Crippen LogP contribution in [0.3, 0.4) is 0 Å². The lowest BCUT2D eigenvalue weighted by Gasteiger charge is -2.12. The number of methoxy groups -OCH3 is 2. The normalized spacial score (nSPS) is 10.2. The first kappa shape index (κ1) is 18.5. The van der Waals surface area contributed by atoms with Gasteiger partial charge in [-0.25, -0.2) is 4.98 Å². The van der Waals surface area contributed by atoms with Crippen LogP contribution in [0.15, 0.2) is 60.8 Å². The second-order valence-electron chi connectivity index (χ2n) is 5.44. The van der Waals surface area contributed by atoms with Crippen molar-refractivity contribution in [3.05, 3.63) is 71.4 Å². The zero-order valence-electron chi connectivity index (χ0n) is 14.7. The Morgan fingerprint density at radius 1 is 1.00 bits per heavy atom. The Balaban J connectivity index is 1.71. The molecule has 3 rings (SSSR count). The Kier molecular flexibility index (Phi) is 5.78. The molecule has 0 aliphatic rings. The molecule has 27 heavy (non-hydrogen) atoms. The van der Waals surface area contributed by atoms with E-state index in [0.29, 0.717) is 39.4 Å². The van der Waals surface area contributed by atoms with E-state index < -0.39 is 0 Å². The summed E-state index contributed by atoms with van der Waals surface area (Å²) in [4.78, 5) is 16.7. The van der Waals surface area contributed by atoms with Gasteiger partial charge in [-0.2, -0.15) is 0 Å². The molecule has 7 heteroatoms. The van der Waals surface area contributed by atoms with Gasteiger partial charge in [0.25, 0.3) is 5.91 Å². The van der Waals surface area contributed by atoms with E-state index in [0.717, 1.165) is 0 Å². The molecule has 0 unspecified atom stereocenters. The molecule has 0 atom stereocenters. The van der Waals surface area contributed by atoms with E-state index in [2.05, 4.69) is 10.3 Å². The zero-order valence-corrected chi connectivity index (χ0v) is 15.5. The number of benzene rings is 2. The van der Waals surface area contributed by atoms with Gasteiger partial charge in [-0.3, -0.25) is 4.79 Å². The number of hydrogen-bond acceptors (Lipinski definition) is 5. The van der Waals surface area contributed by atoms with Crippen molar-refractivity contribution in [3.63, 3.8) is 0 Å². The number of halogens is 1. The Hall–Kier alpha value is -3.25. The van der Waals surface area contributed by atoms with Gasteiger partial charge in [-0.1, -0.05) is 17.7 Å². The van der Waals surface area contributed by atoms with Crippen LogP contribution in [0.25, 0.3) is 0 Å². The maximum absolute atomic E-state index is 12.6. The highest BCUT2D eigenvalue weighted by Gasteiger charge is 2.16. The quantitative estimate of drug-likeness (QED) is 0.661. The van der Waals surface area contributed by atoms with Gasteiger partial charge in [-0.15, -0.1) is 0 Å². The number of ether oxygens (including phenoxy) is 3. The zero-order chi connectivity index (χ0) is 19.2. The molecule has 1 amide bonds. The van der Waals surface area contributed by atoms with Crippen LogP contribution in [-0.4, -0.2) is 25.1 Å². The van der Waals surface area contributed by atoms with Crippen molar-refractivity contribution in [3.8, 4) is 23.1 Å². The maximum Gasteiger partial charge on any atom is 0.259 e. The summed E-state index contributed by atoms with van der Waals surface area (Å²) in [6.07, 6.45) is 1.51. The van der Waals surface area contributed by atoms with E-state index in [9.17, 15) is 4.79 Å². The Morgan fingerprint density at radius 2 is 1.78 bits per heavy atom. The number of pyridine rings is 1. The summed E-state index contributed by atoms with van der Waals surface area (Å²) in [6, 6.07) is 15.4. The third kappa shape index (κ3) is 4.48. The molecule has 1 aromatic heterocycles. The summed E-state index contributed by atoms with van der Waals surface area (Å²) < 4.78 is 16.1. The Morgan fingerprint density at radius 3 is 2.41 bits per heavy atom. The molecule has 3 aromatic rings. The van der Waals surface area contributed by atoms with Crippen LogP contribution < -0.4 is 19.5 Å². The molecule has 138 valence electrons. The Labute approximate surface area is 161 Å². The van der Waals surface area contributed by atoms with Gasteiger partial charge in [-0.05, 0) is 42.5 Å². The molecule has 0 spiro atoms. The highest BCUT2D eigenvalue weighted by Crippen LogP contribution is 2.31. The lowest BCUT2D eigenvalue weighted by Crippen LogP contribution is -2.13. The van der Waals surface area contributed by atoms with E-state index in [1.54, 1.807) is 54.6 Å². The summed E-state index contributed by atoms with van der Waals surface area (Å²) in [5, 5.41) is 3.40. The molecule has 0 radical (unpaired) electrons. The number of anilines is 1. The lowest BCUT2D eigenvalue weighted by molar-refractivity contribution is 0.102. The van der Waals surface area contributed by atoms with Crippen LogP contribution in [0.4, 0.5) is 5.69 Å². The first-order valence-corrected chi connectivity index (χ1v) is 8.40. The van der Waals surface area contributed by atoms with Gasteiger partial charge >= 0.3 is 0 Å². The minimum atomic E-state index is -0.334. The second kappa shape index (κ2) is 8.42. The fourth-order valence-electron chi connectivity index (χ4n) is 2.40. The number of nitrogens with zero attached hydrogens (tertiary/aromatic N) is 1. The number of hydrogen-bond donors (Lipinski definition) is 1. The van der Waals surface area contributed by atoms with Crippen LogP contribution in [-0.2, 0) is 0 Å². The van der Waals surface area contributed by atoms with Crippen molar-refractivity contribution < 1.29 is 19.0 Å². The molecule has 6 nitrogen and oxygen atoms in total. The largest absolute Gasteiger partial charge is 0.493 e. The van der Waals surface area contributed by atoms with Gasteiger partial charge < -0.3 is 19.5 Å². The van der Waals surface area contributed by atoms with E-state index in [4.69, 9.17) is 25.8 Å². The van der Waals surface area contributed by atoms with E-state index in [-0.39, 0.29) is 5.91 Å². The van der Waals surface area contributed by atoms with Crippen LogP contribution >= 0.6 is 11.6 Å². The molecule has 0 aliphatic heterocycles. The number of carbonyl (C=O) groups is 1. The van der Waals surface area contributed by atoms with Gasteiger partial charge in [0.15, 0.2) is 11.5 Å². The number of aromatic nitrogens is 1. The Bertz CT molecular complexity index is 928. The summed E-state index contributed by atoms with van der Waals surface area (Å²) in [5.74, 6) is 1.53. The molecule has 2 aromatic carbocycles. The van der Waals surface area contributed by atoms with Crippen molar-refractivity contribution >= 4 is 23.2 Å². The minimum Gasteiger partial charge on any atom is -0.493 e. The van der Waals surface area contributed by atoms with Gasteiger partial charge in [0, 0.05) is 11.1 Å². The van der Waals surface area contributed by atoms with Crippen molar-refractivity contribution in [2.24, 2.45) is 0 Å². The average Bonchev–Trinajstić information content (AvgIpc) is 2.70. The molecule has 1 heterocycles. The minimum absolute atomic E-state index is 0.334. The van der Waals surface area contributed by atoms with Gasteiger partial charge in [0.05, 0.1) is 31.7 Å². The summed E-state index contributed by atoms with van der Waals surface area (Å²) in [6.45, 7) is 0. The van der Waals surface area contributed by atoms with Crippen LogP contribution in [0.1, 0.15) is 10.4 Å².